The molecular formula is C20H30F3IN4O. The number of aliphatic imine (C=N–C) groups is 1. The second-order valence-corrected chi connectivity index (χ2v) is 7.51. The zero-order chi connectivity index (χ0) is 20.8. The number of amides is 1. The largest absolute Gasteiger partial charge is 0.416 e. The number of hydrogen-bond donors (Lipinski definition) is 3. The Morgan fingerprint density at radius 1 is 1.17 bits per heavy atom. The van der Waals surface area contributed by atoms with Gasteiger partial charge in [0.15, 0.2) is 5.96 Å². The third-order valence-corrected chi connectivity index (χ3v) is 5.17. The van der Waals surface area contributed by atoms with E-state index in [1.54, 1.807) is 13.1 Å². The molecule has 0 radical (unpaired) electrons. The zero-order valence-electron chi connectivity index (χ0n) is 17.0. The van der Waals surface area contributed by atoms with Gasteiger partial charge in [0.25, 0.3) is 0 Å². The van der Waals surface area contributed by atoms with Crippen molar-refractivity contribution in [2.45, 2.75) is 44.7 Å². The molecule has 0 spiro atoms. The highest BCUT2D eigenvalue weighted by Gasteiger charge is 2.40. The van der Waals surface area contributed by atoms with E-state index in [-0.39, 0.29) is 41.2 Å². The van der Waals surface area contributed by atoms with Crippen molar-refractivity contribution in [1.82, 2.24) is 16.0 Å². The number of guanidine groups is 1. The molecule has 1 fully saturated rings. The van der Waals surface area contributed by atoms with Gasteiger partial charge in [-0.3, -0.25) is 9.79 Å². The first-order chi connectivity index (χ1) is 13.2. The van der Waals surface area contributed by atoms with Crippen LogP contribution in [0, 0.1) is 5.92 Å². The third-order valence-electron chi connectivity index (χ3n) is 5.17. The van der Waals surface area contributed by atoms with Gasteiger partial charge in [-0.25, -0.2) is 0 Å². The molecule has 2 rings (SSSR count). The maximum Gasteiger partial charge on any atom is 0.416 e. The third kappa shape index (κ3) is 7.04. The minimum atomic E-state index is -4.34. The second-order valence-electron chi connectivity index (χ2n) is 7.51. The Morgan fingerprint density at radius 3 is 2.34 bits per heavy atom. The number of carbonyl (C=O) groups is 1. The van der Waals surface area contributed by atoms with Crippen molar-refractivity contribution in [2.75, 3.05) is 26.7 Å². The zero-order valence-corrected chi connectivity index (χ0v) is 19.4. The molecule has 1 saturated carbocycles. The van der Waals surface area contributed by atoms with E-state index < -0.39 is 11.7 Å². The summed E-state index contributed by atoms with van der Waals surface area (Å²) in [5.74, 6) is 0.489. The van der Waals surface area contributed by atoms with Crippen LogP contribution < -0.4 is 16.0 Å². The Kier molecular flexibility index (Phi) is 9.70. The lowest BCUT2D eigenvalue weighted by Gasteiger charge is -2.43. The average molecular weight is 526 g/mol. The maximum absolute atomic E-state index is 13.1. The van der Waals surface area contributed by atoms with E-state index in [9.17, 15) is 18.0 Å². The van der Waals surface area contributed by atoms with Crippen LogP contribution in [0.5, 0.6) is 0 Å². The monoisotopic (exact) mass is 526 g/mol. The van der Waals surface area contributed by atoms with Crippen molar-refractivity contribution >= 4 is 35.8 Å². The molecule has 29 heavy (non-hydrogen) atoms. The molecule has 1 aromatic carbocycles. The summed E-state index contributed by atoms with van der Waals surface area (Å²) in [5.41, 5.74) is -0.217. The van der Waals surface area contributed by atoms with Gasteiger partial charge in [0.2, 0.25) is 5.91 Å². The molecule has 0 aromatic heterocycles. The summed E-state index contributed by atoms with van der Waals surface area (Å²) in [5, 5.41) is 9.15. The Morgan fingerprint density at radius 2 is 1.83 bits per heavy atom. The highest BCUT2D eigenvalue weighted by atomic mass is 127. The molecular weight excluding hydrogens is 496 g/mol. The average Bonchev–Trinajstić information content (AvgIpc) is 2.61. The van der Waals surface area contributed by atoms with Crippen molar-refractivity contribution in [2.24, 2.45) is 10.9 Å². The van der Waals surface area contributed by atoms with Gasteiger partial charge in [0.05, 0.1) is 5.56 Å². The number of halogens is 4. The van der Waals surface area contributed by atoms with Gasteiger partial charge >= 0.3 is 6.18 Å². The summed E-state index contributed by atoms with van der Waals surface area (Å²) in [6, 6.07) is 5.62. The number of alkyl halides is 3. The maximum atomic E-state index is 13.1. The van der Waals surface area contributed by atoms with Crippen LogP contribution in [0.1, 0.15) is 44.2 Å². The minimum Gasteiger partial charge on any atom is -0.356 e. The number of carbonyl (C=O) groups excluding carboxylic acids is 1. The van der Waals surface area contributed by atoms with Gasteiger partial charge in [-0.1, -0.05) is 38.5 Å². The number of rotatable bonds is 7. The molecule has 0 bridgehead atoms. The lowest BCUT2D eigenvalue weighted by atomic mass is 9.64. The van der Waals surface area contributed by atoms with Crippen LogP contribution in [0.2, 0.25) is 0 Å². The summed E-state index contributed by atoms with van der Waals surface area (Å²) in [4.78, 5) is 15.7. The fourth-order valence-corrected chi connectivity index (χ4v) is 3.24. The Labute approximate surface area is 187 Å². The molecule has 0 atom stereocenters. The summed E-state index contributed by atoms with van der Waals surface area (Å²) in [6.07, 6.45) is -1.68. The Hall–Kier alpha value is -1.52. The summed E-state index contributed by atoms with van der Waals surface area (Å²) < 4.78 is 39.2. The van der Waals surface area contributed by atoms with E-state index in [1.807, 2.05) is 13.8 Å². The van der Waals surface area contributed by atoms with E-state index in [0.717, 1.165) is 25.3 Å². The van der Waals surface area contributed by atoms with Gasteiger partial charge in [0, 0.05) is 38.0 Å². The molecule has 0 heterocycles. The van der Waals surface area contributed by atoms with Crippen molar-refractivity contribution < 1.29 is 18.0 Å². The van der Waals surface area contributed by atoms with Crippen LogP contribution in [-0.2, 0) is 16.4 Å². The van der Waals surface area contributed by atoms with Crippen molar-refractivity contribution in [3.05, 3.63) is 35.4 Å². The van der Waals surface area contributed by atoms with Crippen molar-refractivity contribution in [3.63, 3.8) is 0 Å². The van der Waals surface area contributed by atoms with Crippen LogP contribution in [0.3, 0.4) is 0 Å². The molecule has 9 heteroatoms. The lowest BCUT2D eigenvalue weighted by molar-refractivity contribution is -0.137. The lowest BCUT2D eigenvalue weighted by Crippen LogP contribution is -2.50. The van der Waals surface area contributed by atoms with Gasteiger partial charge < -0.3 is 16.0 Å². The minimum absolute atomic E-state index is 0. The van der Waals surface area contributed by atoms with Crippen LogP contribution in [-0.4, -0.2) is 38.5 Å². The molecule has 1 aliphatic rings. The molecule has 1 aliphatic carbocycles. The molecule has 5 nitrogen and oxygen atoms in total. The SMILES string of the molecule is CN=C(NCCNC(=O)C(C)C)NCC1(c2cccc(C(F)(F)F)c2)CCC1.I. The predicted octanol–water partition coefficient (Wildman–Crippen LogP) is 3.68. The smallest absolute Gasteiger partial charge is 0.356 e. The Bertz CT molecular complexity index is 703. The van der Waals surface area contributed by atoms with Crippen molar-refractivity contribution in [1.29, 1.82) is 0 Å². The van der Waals surface area contributed by atoms with Crippen LogP contribution in [0.15, 0.2) is 29.3 Å². The number of hydrogen-bond acceptors (Lipinski definition) is 2. The summed E-state index contributed by atoms with van der Waals surface area (Å²) >= 11 is 0. The van der Waals surface area contributed by atoms with Gasteiger partial charge in [0.1, 0.15) is 0 Å². The molecule has 0 aliphatic heterocycles. The fourth-order valence-electron chi connectivity index (χ4n) is 3.24. The molecule has 3 N–H and O–H groups in total. The standard InChI is InChI=1S/C20H29F3N4O.HI/c1-14(2)17(28)25-10-11-26-18(24-3)27-13-19(8-5-9-19)15-6-4-7-16(12-15)20(21,22)23;/h4,6-7,12,14H,5,8-11,13H2,1-3H3,(H,25,28)(H2,24,26,27);1H. The molecule has 1 amide bonds. The molecule has 0 unspecified atom stereocenters. The number of benzene rings is 1. The highest BCUT2D eigenvalue weighted by Crippen LogP contribution is 2.44. The van der Waals surface area contributed by atoms with E-state index in [2.05, 4.69) is 20.9 Å². The van der Waals surface area contributed by atoms with Crippen molar-refractivity contribution in [3.8, 4) is 0 Å². The van der Waals surface area contributed by atoms with E-state index >= 15 is 0 Å². The van der Waals surface area contributed by atoms with E-state index in [4.69, 9.17) is 0 Å². The van der Waals surface area contributed by atoms with Crippen LogP contribution >= 0.6 is 24.0 Å². The number of nitrogens with one attached hydrogen (secondary N) is 3. The fraction of sp³-hybridized carbons (Fsp3) is 0.600. The highest BCUT2D eigenvalue weighted by molar-refractivity contribution is 14.0. The normalized spacial score (nSPS) is 15.9. The van der Waals surface area contributed by atoms with Gasteiger partial charge in [-0.2, -0.15) is 13.2 Å². The first-order valence-electron chi connectivity index (χ1n) is 9.58. The summed E-state index contributed by atoms with van der Waals surface area (Å²) in [6.45, 7) is 5.14. The number of nitrogens with zero attached hydrogens (tertiary/aromatic N) is 1. The molecule has 164 valence electrons. The van der Waals surface area contributed by atoms with E-state index in [1.165, 1.54) is 12.1 Å². The summed E-state index contributed by atoms with van der Waals surface area (Å²) in [7, 11) is 1.64. The first kappa shape index (κ1) is 25.5. The molecule has 1 aromatic rings. The van der Waals surface area contributed by atoms with Gasteiger partial charge in [-0.15, -0.1) is 24.0 Å². The Balaban J connectivity index is 0.00000420. The van der Waals surface area contributed by atoms with Crippen LogP contribution in [0.4, 0.5) is 13.2 Å². The first-order valence-corrected chi connectivity index (χ1v) is 9.58. The van der Waals surface area contributed by atoms with Crippen LogP contribution in [0.25, 0.3) is 0 Å². The predicted molar refractivity (Wildman–Crippen MR) is 120 cm³/mol. The molecule has 0 saturated heterocycles. The second kappa shape index (κ2) is 11.0. The quantitative estimate of drug-likeness (QED) is 0.220. The van der Waals surface area contributed by atoms with E-state index in [0.29, 0.717) is 31.2 Å². The van der Waals surface area contributed by atoms with Gasteiger partial charge in [-0.05, 0) is 24.5 Å². The topological polar surface area (TPSA) is 65.5 Å².